The van der Waals surface area contributed by atoms with E-state index in [2.05, 4.69) is 5.32 Å². The van der Waals surface area contributed by atoms with Crippen LogP contribution in [0.2, 0.25) is 0 Å². The molecule has 0 saturated carbocycles. The van der Waals surface area contributed by atoms with E-state index in [-0.39, 0.29) is 11.7 Å². The van der Waals surface area contributed by atoms with Crippen LogP contribution in [-0.2, 0) is 0 Å². The average Bonchev–Trinajstić information content (AvgIpc) is 2.25. The lowest BCUT2D eigenvalue weighted by Gasteiger charge is -2.16. The number of rotatable bonds is 5. The summed E-state index contributed by atoms with van der Waals surface area (Å²) in [5.74, 6) is 0.543. The van der Waals surface area contributed by atoms with Crippen molar-refractivity contribution in [3.05, 3.63) is 29.6 Å². The average molecular weight is 211 g/mol. The summed E-state index contributed by atoms with van der Waals surface area (Å²) in [4.78, 5) is 0. The molecule has 0 saturated heterocycles. The second-order valence-electron chi connectivity index (χ2n) is 3.56. The van der Waals surface area contributed by atoms with E-state index in [0.717, 1.165) is 13.1 Å². The molecule has 0 heterocycles. The molecular weight excluding hydrogens is 193 g/mol. The van der Waals surface area contributed by atoms with Gasteiger partial charge in [-0.3, -0.25) is 0 Å². The maximum absolute atomic E-state index is 13.6. The summed E-state index contributed by atoms with van der Waals surface area (Å²) in [6.07, 6.45) is 0. The molecule has 0 aliphatic heterocycles. The van der Waals surface area contributed by atoms with Crippen LogP contribution < -0.4 is 10.1 Å². The summed E-state index contributed by atoms with van der Waals surface area (Å²) in [6.45, 7) is 5.67. The van der Waals surface area contributed by atoms with Crippen LogP contribution in [0.3, 0.4) is 0 Å². The Hall–Kier alpha value is -1.09. The van der Waals surface area contributed by atoms with Crippen molar-refractivity contribution in [1.82, 2.24) is 5.32 Å². The van der Waals surface area contributed by atoms with Gasteiger partial charge in [-0.25, -0.2) is 4.39 Å². The molecule has 0 aliphatic rings. The van der Waals surface area contributed by atoms with E-state index >= 15 is 0 Å². The maximum Gasteiger partial charge on any atom is 0.130 e. The van der Waals surface area contributed by atoms with Gasteiger partial charge in [-0.15, -0.1) is 0 Å². The van der Waals surface area contributed by atoms with Crippen molar-refractivity contribution in [3.8, 4) is 5.75 Å². The van der Waals surface area contributed by atoms with E-state index < -0.39 is 0 Å². The van der Waals surface area contributed by atoms with E-state index in [0.29, 0.717) is 11.3 Å². The molecule has 1 rings (SSSR count). The number of hydrogen-bond acceptors (Lipinski definition) is 2. The Labute approximate surface area is 90.4 Å². The Kier molecular flexibility index (Phi) is 4.56. The van der Waals surface area contributed by atoms with E-state index in [1.165, 1.54) is 6.07 Å². The molecule has 0 radical (unpaired) electrons. The van der Waals surface area contributed by atoms with Gasteiger partial charge in [0.2, 0.25) is 0 Å². The van der Waals surface area contributed by atoms with Crippen molar-refractivity contribution in [2.24, 2.45) is 0 Å². The first-order chi connectivity index (χ1) is 7.20. The molecule has 0 aliphatic carbocycles. The predicted octanol–water partition coefficient (Wildman–Crippen LogP) is 2.55. The lowest BCUT2D eigenvalue weighted by molar-refractivity contribution is 0.399. The molecule has 1 aromatic rings. The molecule has 15 heavy (non-hydrogen) atoms. The molecule has 0 fully saturated rings. The smallest absolute Gasteiger partial charge is 0.130 e. The number of likely N-dealkylation sites (N-methyl/N-ethyl adjacent to an activating group) is 1. The van der Waals surface area contributed by atoms with Gasteiger partial charge >= 0.3 is 0 Å². The quantitative estimate of drug-likeness (QED) is 0.808. The highest BCUT2D eigenvalue weighted by molar-refractivity contribution is 5.37. The molecular formula is C12H18FNO. The van der Waals surface area contributed by atoms with Crippen molar-refractivity contribution in [1.29, 1.82) is 0 Å². The first-order valence-electron chi connectivity index (χ1n) is 5.23. The van der Waals surface area contributed by atoms with Crippen molar-refractivity contribution >= 4 is 0 Å². The monoisotopic (exact) mass is 211 g/mol. The first-order valence-corrected chi connectivity index (χ1v) is 5.23. The van der Waals surface area contributed by atoms with Crippen molar-refractivity contribution in [2.75, 3.05) is 20.2 Å². The fourth-order valence-electron chi connectivity index (χ4n) is 1.64. The van der Waals surface area contributed by atoms with E-state index in [4.69, 9.17) is 4.74 Å². The summed E-state index contributed by atoms with van der Waals surface area (Å²) in [5, 5.41) is 3.20. The highest BCUT2D eigenvalue weighted by atomic mass is 19.1. The third-order valence-electron chi connectivity index (χ3n) is 2.43. The summed E-state index contributed by atoms with van der Waals surface area (Å²) in [7, 11) is 1.57. The first kappa shape index (κ1) is 12.0. The molecule has 1 unspecified atom stereocenters. The minimum atomic E-state index is -0.195. The zero-order valence-electron chi connectivity index (χ0n) is 9.51. The van der Waals surface area contributed by atoms with Gasteiger partial charge in [-0.1, -0.05) is 19.9 Å². The highest BCUT2D eigenvalue weighted by Crippen LogP contribution is 2.28. The van der Waals surface area contributed by atoms with E-state index in [1.54, 1.807) is 19.2 Å². The van der Waals surface area contributed by atoms with Gasteiger partial charge in [0.1, 0.15) is 11.6 Å². The summed E-state index contributed by atoms with van der Waals surface area (Å²) >= 11 is 0. The normalized spacial score (nSPS) is 12.5. The van der Waals surface area contributed by atoms with Crippen molar-refractivity contribution < 1.29 is 9.13 Å². The van der Waals surface area contributed by atoms with Crippen LogP contribution in [0.4, 0.5) is 4.39 Å². The Morgan fingerprint density at radius 1 is 1.47 bits per heavy atom. The number of nitrogens with one attached hydrogen (secondary N) is 1. The Morgan fingerprint density at radius 2 is 2.20 bits per heavy atom. The number of halogens is 1. The topological polar surface area (TPSA) is 21.3 Å². The minimum Gasteiger partial charge on any atom is -0.496 e. The van der Waals surface area contributed by atoms with Gasteiger partial charge in [0.25, 0.3) is 0 Å². The highest BCUT2D eigenvalue weighted by Gasteiger charge is 2.15. The van der Waals surface area contributed by atoms with Gasteiger partial charge < -0.3 is 10.1 Å². The summed E-state index contributed by atoms with van der Waals surface area (Å²) < 4.78 is 18.8. The molecule has 2 nitrogen and oxygen atoms in total. The number of methoxy groups -OCH3 is 1. The predicted molar refractivity (Wildman–Crippen MR) is 59.9 cm³/mol. The molecule has 84 valence electrons. The lowest BCUT2D eigenvalue weighted by atomic mass is 9.99. The van der Waals surface area contributed by atoms with Crippen LogP contribution in [0.15, 0.2) is 18.2 Å². The van der Waals surface area contributed by atoms with Crippen molar-refractivity contribution in [2.45, 2.75) is 19.8 Å². The molecule has 0 aromatic heterocycles. The fourth-order valence-corrected chi connectivity index (χ4v) is 1.64. The SMILES string of the molecule is CCNCC(C)c1c(F)cccc1OC. The lowest BCUT2D eigenvalue weighted by Crippen LogP contribution is -2.20. The molecule has 1 aromatic carbocycles. The summed E-state index contributed by atoms with van der Waals surface area (Å²) in [6, 6.07) is 4.93. The molecule has 3 heteroatoms. The molecule has 1 atom stereocenters. The van der Waals surface area contributed by atoms with Crippen LogP contribution in [-0.4, -0.2) is 20.2 Å². The van der Waals surface area contributed by atoms with Gasteiger partial charge in [-0.05, 0) is 18.7 Å². The number of ether oxygens (including phenoxy) is 1. The van der Waals surface area contributed by atoms with Crippen LogP contribution in [0.1, 0.15) is 25.3 Å². The molecule has 0 spiro atoms. The van der Waals surface area contributed by atoms with Crippen LogP contribution in [0.25, 0.3) is 0 Å². The Balaban J connectivity index is 2.90. The van der Waals surface area contributed by atoms with E-state index in [9.17, 15) is 4.39 Å². The van der Waals surface area contributed by atoms with Gasteiger partial charge in [0.15, 0.2) is 0 Å². The Bertz CT molecular complexity index is 314. The standard InChI is InChI=1S/C12H18FNO/c1-4-14-8-9(2)12-10(13)6-5-7-11(12)15-3/h5-7,9,14H,4,8H2,1-3H3. The third-order valence-corrected chi connectivity index (χ3v) is 2.43. The fraction of sp³-hybridized carbons (Fsp3) is 0.500. The molecule has 1 N–H and O–H groups in total. The van der Waals surface area contributed by atoms with Crippen LogP contribution in [0.5, 0.6) is 5.75 Å². The Morgan fingerprint density at radius 3 is 2.80 bits per heavy atom. The van der Waals surface area contributed by atoms with Gasteiger partial charge in [0, 0.05) is 18.0 Å². The zero-order valence-corrected chi connectivity index (χ0v) is 9.51. The second kappa shape index (κ2) is 5.71. The zero-order chi connectivity index (χ0) is 11.3. The van der Waals surface area contributed by atoms with Crippen LogP contribution in [0, 0.1) is 5.82 Å². The maximum atomic E-state index is 13.6. The van der Waals surface area contributed by atoms with Crippen LogP contribution >= 0.6 is 0 Å². The largest absolute Gasteiger partial charge is 0.496 e. The van der Waals surface area contributed by atoms with Crippen molar-refractivity contribution in [3.63, 3.8) is 0 Å². The molecule has 0 bridgehead atoms. The number of benzene rings is 1. The second-order valence-corrected chi connectivity index (χ2v) is 3.56. The third kappa shape index (κ3) is 2.93. The summed E-state index contributed by atoms with van der Waals surface area (Å²) in [5.41, 5.74) is 0.654. The number of hydrogen-bond donors (Lipinski definition) is 1. The van der Waals surface area contributed by atoms with E-state index in [1.807, 2.05) is 13.8 Å². The molecule has 0 amide bonds. The van der Waals surface area contributed by atoms with Gasteiger partial charge in [0.05, 0.1) is 7.11 Å². The minimum absolute atomic E-state index is 0.112. The van der Waals surface area contributed by atoms with Gasteiger partial charge in [-0.2, -0.15) is 0 Å².